The van der Waals surface area contributed by atoms with Gasteiger partial charge in [0.2, 0.25) is 15.9 Å². The van der Waals surface area contributed by atoms with Crippen molar-refractivity contribution in [2.24, 2.45) is 0 Å². The first-order chi connectivity index (χ1) is 12.9. The number of hydrogen-bond donors (Lipinski definition) is 1. The summed E-state index contributed by atoms with van der Waals surface area (Å²) in [6.45, 7) is -0.893. The van der Waals surface area contributed by atoms with E-state index in [1.807, 2.05) is 18.2 Å². The Morgan fingerprint density at radius 1 is 1.07 bits per heavy atom. The zero-order valence-corrected chi connectivity index (χ0v) is 14.6. The molecule has 0 aliphatic carbocycles. The Kier molecular flexibility index (Phi) is 5.57. The molecule has 0 spiro atoms. The number of halogens is 1. The van der Waals surface area contributed by atoms with Crippen molar-refractivity contribution in [1.82, 2.24) is 14.9 Å². The van der Waals surface area contributed by atoms with Gasteiger partial charge in [0.05, 0.1) is 4.90 Å². The number of nitrogens with one attached hydrogen (secondary N) is 1. The number of benzene rings is 2. The first kappa shape index (κ1) is 18.7. The molecular weight excluding hydrogens is 377 g/mol. The molecular formula is C17H14FN3O5S. The smallest absolute Gasteiger partial charge is 0.321 e. The summed E-state index contributed by atoms with van der Waals surface area (Å²) in [6, 6.07) is 13.2. The summed E-state index contributed by atoms with van der Waals surface area (Å²) in [5.74, 6) is -1.05. The normalized spacial score (nSPS) is 11.3. The van der Waals surface area contributed by atoms with Crippen LogP contribution < -0.4 is 4.72 Å². The van der Waals surface area contributed by atoms with Crippen LogP contribution >= 0.6 is 0 Å². The summed E-state index contributed by atoms with van der Waals surface area (Å²) in [5, 5.41) is 7.61. The molecule has 140 valence electrons. The molecule has 0 aliphatic rings. The van der Waals surface area contributed by atoms with Crippen LogP contribution in [0.1, 0.15) is 5.89 Å². The molecule has 10 heteroatoms. The van der Waals surface area contributed by atoms with E-state index in [9.17, 15) is 17.6 Å². The Morgan fingerprint density at radius 2 is 1.78 bits per heavy atom. The number of nitrogens with zero attached hydrogens (tertiary/aromatic N) is 2. The van der Waals surface area contributed by atoms with E-state index in [1.54, 1.807) is 12.1 Å². The summed E-state index contributed by atoms with van der Waals surface area (Å²) >= 11 is 0. The van der Waals surface area contributed by atoms with Crippen LogP contribution in [0, 0.1) is 5.82 Å². The van der Waals surface area contributed by atoms with Gasteiger partial charge in [-0.3, -0.25) is 4.79 Å². The van der Waals surface area contributed by atoms with Gasteiger partial charge >= 0.3 is 5.97 Å². The van der Waals surface area contributed by atoms with Crippen molar-refractivity contribution in [2.45, 2.75) is 11.5 Å². The summed E-state index contributed by atoms with van der Waals surface area (Å²) in [7, 11) is -3.96. The SMILES string of the molecule is O=C(CNS(=O)(=O)c1ccc(F)cc1)OCc1nnc(-c2ccccc2)o1. The van der Waals surface area contributed by atoms with Crippen molar-refractivity contribution in [2.75, 3.05) is 6.54 Å². The minimum atomic E-state index is -3.96. The molecule has 1 aromatic heterocycles. The lowest BCUT2D eigenvalue weighted by Gasteiger charge is -2.06. The van der Waals surface area contributed by atoms with E-state index in [4.69, 9.17) is 9.15 Å². The van der Waals surface area contributed by atoms with E-state index in [1.165, 1.54) is 0 Å². The second-order valence-corrected chi connectivity index (χ2v) is 7.07. The van der Waals surface area contributed by atoms with E-state index in [-0.39, 0.29) is 23.3 Å². The zero-order valence-electron chi connectivity index (χ0n) is 13.8. The van der Waals surface area contributed by atoms with Gasteiger partial charge in [-0.2, -0.15) is 4.72 Å². The van der Waals surface area contributed by atoms with Crippen molar-refractivity contribution in [1.29, 1.82) is 0 Å². The predicted molar refractivity (Wildman–Crippen MR) is 91.1 cm³/mol. The van der Waals surface area contributed by atoms with Crippen molar-refractivity contribution < 1.29 is 26.8 Å². The van der Waals surface area contributed by atoms with Crippen LogP contribution in [0.3, 0.4) is 0 Å². The molecule has 0 saturated heterocycles. The first-order valence-corrected chi connectivity index (χ1v) is 9.21. The van der Waals surface area contributed by atoms with E-state index in [0.29, 0.717) is 0 Å². The van der Waals surface area contributed by atoms with E-state index in [0.717, 1.165) is 29.8 Å². The van der Waals surface area contributed by atoms with Crippen molar-refractivity contribution >= 4 is 16.0 Å². The molecule has 3 rings (SSSR count). The maximum Gasteiger partial charge on any atom is 0.321 e. The highest BCUT2D eigenvalue weighted by atomic mass is 32.2. The van der Waals surface area contributed by atoms with Crippen LogP contribution in [0.5, 0.6) is 0 Å². The fourth-order valence-corrected chi connectivity index (χ4v) is 3.02. The van der Waals surface area contributed by atoms with Crippen LogP contribution in [-0.2, 0) is 26.2 Å². The highest BCUT2D eigenvalue weighted by molar-refractivity contribution is 7.89. The standard InChI is InChI=1S/C17H14FN3O5S/c18-13-6-8-14(9-7-13)27(23,24)19-10-16(22)25-11-15-20-21-17(26-15)12-4-2-1-3-5-12/h1-9,19H,10-11H2. The molecule has 27 heavy (non-hydrogen) atoms. The minimum Gasteiger partial charge on any atom is -0.455 e. The van der Waals surface area contributed by atoms with Gasteiger partial charge in [-0.25, -0.2) is 12.8 Å². The van der Waals surface area contributed by atoms with Gasteiger partial charge in [-0.05, 0) is 36.4 Å². The molecule has 0 atom stereocenters. The van der Waals surface area contributed by atoms with E-state index < -0.39 is 28.4 Å². The monoisotopic (exact) mass is 391 g/mol. The van der Waals surface area contributed by atoms with Gasteiger partial charge in [0.15, 0.2) is 6.61 Å². The summed E-state index contributed by atoms with van der Waals surface area (Å²) in [6.07, 6.45) is 0. The molecule has 0 aliphatic heterocycles. The second-order valence-electron chi connectivity index (χ2n) is 5.31. The van der Waals surface area contributed by atoms with Gasteiger partial charge in [0.1, 0.15) is 12.4 Å². The Hall–Kier alpha value is -3.11. The third-order valence-electron chi connectivity index (χ3n) is 3.37. The number of esters is 1. The van der Waals surface area contributed by atoms with Crippen molar-refractivity contribution in [3.05, 3.63) is 66.3 Å². The molecule has 0 bridgehead atoms. The molecule has 8 nitrogen and oxygen atoms in total. The number of carbonyl (C=O) groups is 1. The van der Waals surface area contributed by atoms with Gasteiger partial charge in [0.25, 0.3) is 5.89 Å². The van der Waals surface area contributed by atoms with Crippen LogP contribution in [0.25, 0.3) is 11.5 Å². The summed E-state index contributed by atoms with van der Waals surface area (Å²) in [4.78, 5) is 11.6. The Labute approximate surface area is 154 Å². The molecule has 0 fully saturated rings. The Bertz CT molecular complexity index is 1020. The molecule has 1 N–H and O–H groups in total. The predicted octanol–water partition coefficient (Wildman–Crippen LogP) is 1.90. The average Bonchev–Trinajstić information content (AvgIpc) is 3.15. The van der Waals surface area contributed by atoms with Crippen LogP contribution in [0.2, 0.25) is 0 Å². The van der Waals surface area contributed by atoms with Crippen LogP contribution in [0.15, 0.2) is 63.9 Å². The number of carbonyl (C=O) groups excluding carboxylic acids is 1. The number of hydrogen-bond acceptors (Lipinski definition) is 7. The lowest BCUT2D eigenvalue weighted by molar-refractivity contribution is -0.144. The first-order valence-electron chi connectivity index (χ1n) is 7.73. The molecule has 2 aromatic carbocycles. The fourth-order valence-electron chi connectivity index (χ4n) is 2.05. The van der Waals surface area contributed by atoms with Gasteiger partial charge in [0, 0.05) is 5.56 Å². The van der Waals surface area contributed by atoms with Crippen LogP contribution in [0.4, 0.5) is 4.39 Å². The quantitative estimate of drug-likeness (QED) is 0.612. The molecule has 0 unspecified atom stereocenters. The maximum absolute atomic E-state index is 12.9. The van der Waals surface area contributed by atoms with Gasteiger partial charge < -0.3 is 9.15 Å². The molecule has 3 aromatic rings. The second kappa shape index (κ2) is 8.06. The lowest BCUT2D eigenvalue weighted by atomic mass is 10.2. The van der Waals surface area contributed by atoms with Gasteiger partial charge in [-0.15, -0.1) is 10.2 Å². The molecule has 0 saturated carbocycles. The number of aromatic nitrogens is 2. The van der Waals surface area contributed by atoms with E-state index >= 15 is 0 Å². The number of ether oxygens (including phenoxy) is 1. The minimum absolute atomic E-state index is 0.0728. The van der Waals surface area contributed by atoms with Gasteiger partial charge in [-0.1, -0.05) is 18.2 Å². The lowest BCUT2D eigenvalue weighted by Crippen LogP contribution is -2.30. The fraction of sp³-hybridized carbons (Fsp3) is 0.118. The molecule has 1 heterocycles. The zero-order chi connectivity index (χ0) is 19.3. The Balaban J connectivity index is 1.51. The maximum atomic E-state index is 12.9. The third-order valence-corrected chi connectivity index (χ3v) is 4.79. The summed E-state index contributed by atoms with van der Waals surface area (Å²) in [5.41, 5.74) is 0.717. The number of sulfonamides is 1. The molecule has 0 amide bonds. The van der Waals surface area contributed by atoms with E-state index in [2.05, 4.69) is 14.9 Å². The highest BCUT2D eigenvalue weighted by Crippen LogP contribution is 2.17. The topological polar surface area (TPSA) is 111 Å². The number of rotatable bonds is 7. The highest BCUT2D eigenvalue weighted by Gasteiger charge is 2.17. The largest absolute Gasteiger partial charge is 0.455 e. The van der Waals surface area contributed by atoms with Crippen molar-refractivity contribution in [3.8, 4) is 11.5 Å². The third kappa shape index (κ3) is 4.96. The van der Waals surface area contributed by atoms with Crippen LogP contribution in [-0.4, -0.2) is 31.1 Å². The average molecular weight is 391 g/mol. The Morgan fingerprint density at radius 3 is 2.48 bits per heavy atom. The van der Waals surface area contributed by atoms with Crippen molar-refractivity contribution in [3.63, 3.8) is 0 Å². The molecule has 0 radical (unpaired) electrons. The summed E-state index contributed by atoms with van der Waals surface area (Å²) < 4.78 is 49.2.